The maximum Gasteiger partial charge on any atom is 0.259 e. The number of carbonyl (C=O) groups excluding carboxylic acids is 1. The SMILES string of the molecule is CCCc1ncc(-c2ccncc2)c([C@H]2CCCCN2C(=O)c2cccnc2OCC)n1. The number of carbonyl (C=O) groups is 1. The van der Waals surface area contributed by atoms with E-state index in [0.717, 1.165) is 54.7 Å². The Bertz CT molecular complexity index is 1060. The van der Waals surface area contributed by atoms with Gasteiger partial charge in [0.1, 0.15) is 11.4 Å². The molecular formula is C25H29N5O2. The van der Waals surface area contributed by atoms with Crippen LogP contribution in [0, 0.1) is 0 Å². The molecule has 166 valence electrons. The van der Waals surface area contributed by atoms with Gasteiger partial charge in [0.05, 0.1) is 18.3 Å². The fourth-order valence-corrected chi connectivity index (χ4v) is 4.20. The number of aromatic nitrogens is 4. The lowest BCUT2D eigenvalue weighted by Crippen LogP contribution is -2.39. The van der Waals surface area contributed by atoms with E-state index in [1.807, 2.05) is 30.2 Å². The minimum atomic E-state index is -0.132. The summed E-state index contributed by atoms with van der Waals surface area (Å²) >= 11 is 0. The van der Waals surface area contributed by atoms with Gasteiger partial charge >= 0.3 is 0 Å². The van der Waals surface area contributed by atoms with E-state index in [-0.39, 0.29) is 11.9 Å². The normalized spacial score (nSPS) is 16.1. The summed E-state index contributed by atoms with van der Waals surface area (Å²) in [4.78, 5) is 33.6. The van der Waals surface area contributed by atoms with Crippen molar-refractivity contribution in [2.24, 2.45) is 0 Å². The number of hydrogen-bond acceptors (Lipinski definition) is 6. The summed E-state index contributed by atoms with van der Waals surface area (Å²) in [5.74, 6) is 1.13. The van der Waals surface area contributed by atoms with Gasteiger partial charge in [-0.1, -0.05) is 6.92 Å². The third kappa shape index (κ3) is 4.61. The standard InChI is InChI=1S/C25H29N5O2/c1-3-8-22-28-17-20(18-11-14-26-15-12-18)23(29-22)21-10-5-6-16-30(21)25(31)19-9-7-13-27-24(19)32-4-2/h7,9,11-15,17,21H,3-6,8,10,16H2,1-2H3/t21-/m1/s1. The third-order valence-electron chi connectivity index (χ3n) is 5.69. The number of ether oxygens (including phenoxy) is 1. The first-order valence-electron chi connectivity index (χ1n) is 11.4. The lowest BCUT2D eigenvalue weighted by molar-refractivity contribution is 0.0601. The van der Waals surface area contributed by atoms with Crippen molar-refractivity contribution >= 4 is 5.91 Å². The molecule has 1 fully saturated rings. The smallest absolute Gasteiger partial charge is 0.259 e. The van der Waals surface area contributed by atoms with Crippen LogP contribution in [0.5, 0.6) is 5.88 Å². The topological polar surface area (TPSA) is 81.1 Å². The molecular weight excluding hydrogens is 402 g/mol. The van der Waals surface area contributed by atoms with E-state index in [4.69, 9.17) is 9.72 Å². The summed E-state index contributed by atoms with van der Waals surface area (Å²) < 4.78 is 5.64. The van der Waals surface area contributed by atoms with Gasteiger partial charge in [-0.15, -0.1) is 0 Å². The second-order valence-corrected chi connectivity index (χ2v) is 7.87. The molecule has 1 aliphatic heterocycles. The minimum absolute atomic E-state index is 0.0671. The maximum absolute atomic E-state index is 13.7. The van der Waals surface area contributed by atoms with Crippen LogP contribution in [0.15, 0.2) is 49.1 Å². The predicted molar refractivity (Wildman–Crippen MR) is 122 cm³/mol. The lowest BCUT2D eigenvalue weighted by Gasteiger charge is -2.36. The van der Waals surface area contributed by atoms with Crippen LogP contribution in [0.3, 0.4) is 0 Å². The molecule has 0 radical (unpaired) electrons. The zero-order valence-electron chi connectivity index (χ0n) is 18.7. The van der Waals surface area contributed by atoms with E-state index in [1.165, 1.54) is 0 Å². The number of amides is 1. The number of piperidine rings is 1. The van der Waals surface area contributed by atoms with E-state index in [0.29, 0.717) is 24.6 Å². The van der Waals surface area contributed by atoms with Crippen molar-refractivity contribution in [3.05, 3.63) is 66.1 Å². The Labute approximate surface area is 188 Å². The molecule has 0 N–H and O–H groups in total. The molecule has 0 aliphatic carbocycles. The first-order chi connectivity index (χ1) is 15.7. The monoisotopic (exact) mass is 431 g/mol. The Morgan fingerprint density at radius 3 is 2.75 bits per heavy atom. The summed E-state index contributed by atoms with van der Waals surface area (Å²) in [5.41, 5.74) is 3.36. The van der Waals surface area contributed by atoms with E-state index in [2.05, 4.69) is 21.9 Å². The fourth-order valence-electron chi connectivity index (χ4n) is 4.20. The van der Waals surface area contributed by atoms with Gasteiger partial charge in [0.2, 0.25) is 5.88 Å². The highest BCUT2D eigenvalue weighted by molar-refractivity contribution is 5.96. The average molecular weight is 432 g/mol. The number of nitrogens with zero attached hydrogens (tertiary/aromatic N) is 5. The highest BCUT2D eigenvalue weighted by atomic mass is 16.5. The number of rotatable bonds is 7. The second-order valence-electron chi connectivity index (χ2n) is 7.87. The first kappa shape index (κ1) is 21.9. The quantitative estimate of drug-likeness (QED) is 0.542. The van der Waals surface area contributed by atoms with Gasteiger partial charge in [-0.25, -0.2) is 15.0 Å². The predicted octanol–water partition coefficient (Wildman–Crippen LogP) is 4.65. The van der Waals surface area contributed by atoms with E-state index >= 15 is 0 Å². The van der Waals surface area contributed by atoms with E-state index in [9.17, 15) is 4.79 Å². The zero-order valence-corrected chi connectivity index (χ0v) is 18.7. The van der Waals surface area contributed by atoms with Crippen molar-refractivity contribution < 1.29 is 9.53 Å². The van der Waals surface area contributed by atoms with Crippen LogP contribution in [0.1, 0.15) is 67.4 Å². The molecule has 0 saturated carbocycles. The minimum Gasteiger partial charge on any atom is -0.477 e. The van der Waals surface area contributed by atoms with Crippen LogP contribution in [-0.4, -0.2) is 43.9 Å². The van der Waals surface area contributed by atoms with Crippen molar-refractivity contribution in [3.63, 3.8) is 0 Å². The molecule has 0 spiro atoms. The van der Waals surface area contributed by atoms with Gasteiger partial charge < -0.3 is 9.64 Å². The molecule has 1 atom stereocenters. The molecule has 0 unspecified atom stereocenters. The third-order valence-corrected chi connectivity index (χ3v) is 5.69. The van der Waals surface area contributed by atoms with Crippen molar-refractivity contribution in [2.45, 2.75) is 52.0 Å². The van der Waals surface area contributed by atoms with Gasteiger partial charge in [0, 0.05) is 43.3 Å². The van der Waals surface area contributed by atoms with Crippen LogP contribution in [-0.2, 0) is 6.42 Å². The van der Waals surface area contributed by atoms with Crippen molar-refractivity contribution in [3.8, 4) is 17.0 Å². The number of hydrogen-bond donors (Lipinski definition) is 0. The molecule has 3 aromatic heterocycles. The van der Waals surface area contributed by atoms with Crippen LogP contribution in [0.25, 0.3) is 11.1 Å². The summed E-state index contributed by atoms with van der Waals surface area (Å²) in [5, 5.41) is 0. The van der Waals surface area contributed by atoms with Crippen molar-refractivity contribution in [1.29, 1.82) is 0 Å². The maximum atomic E-state index is 13.7. The largest absolute Gasteiger partial charge is 0.477 e. The first-order valence-corrected chi connectivity index (χ1v) is 11.4. The van der Waals surface area contributed by atoms with Crippen LogP contribution in [0.4, 0.5) is 0 Å². The van der Waals surface area contributed by atoms with Gasteiger partial charge in [0.25, 0.3) is 5.91 Å². The molecule has 1 amide bonds. The summed E-state index contributed by atoms with van der Waals surface area (Å²) in [6, 6.07) is 7.36. The second kappa shape index (κ2) is 10.3. The Kier molecular flexibility index (Phi) is 7.04. The summed E-state index contributed by atoms with van der Waals surface area (Å²) in [6.45, 7) is 5.14. The van der Waals surface area contributed by atoms with Crippen molar-refractivity contribution in [2.75, 3.05) is 13.2 Å². The highest BCUT2D eigenvalue weighted by Crippen LogP contribution is 2.37. The lowest BCUT2D eigenvalue weighted by atomic mass is 9.93. The molecule has 0 bridgehead atoms. The summed E-state index contributed by atoms with van der Waals surface area (Å²) in [7, 11) is 0. The number of likely N-dealkylation sites (tertiary alicyclic amines) is 1. The zero-order chi connectivity index (χ0) is 22.3. The van der Waals surface area contributed by atoms with Crippen LogP contribution >= 0.6 is 0 Å². The molecule has 1 aliphatic rings. The highest BCUT2D eigenvalue weighted by Gasteiger charge is 2.33. The van der Waals surface area contributed by atoms with Gasteiger partial charge in [-0.3, -0.25) is 9.78 Å². The molecule has 32 heavy (non-hydrogen) atoms. The average Bonchev–Trinajstić information content (AvgIpc) is 2.85. The molecule has 4 rings (SSSR count). The Hall–Kier alpha value is -3.35. The molecule has 0 aromatic carbocycles. The number of pyridine rings is 2. The van der Waals surface area contributed by atoms with Gasteiger partial charge in [-0.05, 0) is 62.4 Å². The molecule has 7 heteroatoms. The van der Waals surface area contributed by atoms with Crippen molar-refractivity contribution in [1.82, 2.24) is 24.8 Å². The molecule has 1 saturated heterocycles. The molecule has 4 heterocycles. The Balaban J connectivity index is 1.77. The number of aryl methyl sites for hydroxylation is 1. The fraction of sp³-hybridized carbons (Fsp3) is 0.400. The van der Waals surface area contributed by atoms with Crippen LogP contribution < -0.4 is 4.74 Å². The van der Waals surface area contributed by atoms with E-state index in [1.54, 1.807) is 30.7 Å². The molecule has 7 nitrogen and oxygen atoms in total. The van der Waals surface area contributed by atoms with E-state index < -0.39 is 0 Å². The Morgan fingerprint density at radius 1 is 1.12 bits per heavy atom. The molecule has 3 aromatic rings. The van der Waals surface area contributed by atoms with Gasteiger partial charge in [0.15, 0.2) is 0 Å². The summed E-state index contributed by atoms with van der Waals surface area (Å²) in [6.07, 6.45) is 11.7. The van der Waals surface area contributed by atoms with Gasteiger partial charge in [-0.2, -0.15) is 0 Å². The van der Waals surface area contributed by atoms with Crippen LogP contribution in [0.2, 0.25) is 0 Å². The Morgan fingerprint density at radius 2 is 1.97 bits per heavy atom.